The molecule has 0 N–H and O–H groups in total. The van der Waals surface area contributed by atoms with Crippen LogP contribution in [0.25, 0.3) is 10.2 Å². The van der Waals surface area contributed by atoms with Gasteiger partial charge in [-0.2, -0.15) is 0 Å². The van der Waals surface area contributed by atoms with Gasteiger partial charge in [-0.3, -0.25) is 14.7 Å². The number of rotatable bonds is 4. The molecule has 0 aliphatic carbocycles. The maximum absolute atomic E-state index is 13.3. The van der Waals surface area contributed by atoms with E-state index in [-0.39, 0.29) is 5.91 Å². The number of carbonyl (C=O) groups excluding carboxylic acids is 1. The monoisotopic (exact) mass is 407 g/mol. The van der Waals surface area contributed by atoms with Gasteiger partial charge in [0.25, 0.3) is 5.91 Å². The molecule has 0 saturated heterocycles. The summed E-state index contributed by atoms with van der Waals surface area (Å²) in [6.07, 6.45) is 3.48. The number of fused-ring (bicyclic) bond motifs is 1. The number of halogens is 1. The lowest BCUT2D eigenvalue weighted by molar-refractivity contribution is 0.0985. The number of thiazole rings is 1. The lowest BCUT2D eigenvalue weighted by Crippen LogP contribution is -2.30. The van der Waals surface area contributed by atoms with Crippen molar-refractivity contribution in [3.63, 3.8) is 0 Å². The molecule has 2 aromatic carbocycles. The Labute approximate surface area is 172 Å². The van der Waals surface area contributed by atoms with Crippen LogP contribution in [0.1, 0.15) is 27.0 Å². The molecule has 0 saturated carbocycles. The Morgan fingerprint density at radius 3 is 2.68 bits per heavy atom. The van der Waals surface area contributed by atoms with E-state index in [1.165, 1.54) is 22.5 Å². The number of benzene rings is 2. The Hall–Kier alpha value is -2.76. The number of anilines is 1. The van der Waals surface area contributed by atoms with E-state index < -0.39 is 0 Å². The van der Waals surface area contributed by atoms with E-state index in [4.69, 9.17) is 16.6 Å². The van der Waals surface area contributed by atoms with E-state index >= 15 is 0 Å². The van der Waals surface area contributed by atoms with E-state index in [1.54, 1.807) is 41.6 Å². The zero-order valence-corrected chi connectivity index (χ0v) is 17.1. The summed E-state index contributed by atoms with van der Waals surface area (Å²) in [5.41, 5.74) is 4.76. The highest BCUT2D eigenvalue weighted by Gasteiger charge is 2.22. The first-order valence-corrected chi connectivity index (χ1v) is 10.0. The van der Waals surface area contributed by atoms with Crippen LogP contribution >= 0.6 is 22.9 Å². The molecule has 0 spiro atoms. The van der Waals surface area contributed by atoms with E-state index in [9.17, 15) is 4.79 Å². The van der Waals surface area contributed by atoms with Crippen LogP contribution in [-0.2, 0) is 6.54 Å². The van der Waals surface area contributed by atoms with Crippen LogP contribution in [0, 0.1) is 13.8 Å². The van der Waals surface area contributed by atoms with Crippen LogP contribution in [0.3, 0.4) is 0 Å². The van der Waals surface area contributed by atoms with Gasteiger partial charge in [-0.1, -0.05) is 35.1 Å². The fourth-order valence-electron chi connectivity index (χ4n) is 2.96. The zero-order chi connectivity index (χ0) is 19.7. The van der Waals surface area contributed by atoms with Crippen LogP contribution in [0.5, 0.6) is 0 Å². The predicted octanol–water partition coefficient (Wildman–Crippen LogP) is 5.81. The van der Waals surface area contributed by atoms with Crippen LogP contribution in [0.2, 0.25) is 5.02 Å². The van der Waals surface area contributed by atoms with Crippen molar-refractivity contribution in [1.82, 2.24) is 9.97 Å². The fraction of sp³-hybridized carbons (Fsp3) is 0.136. The van der Waals surface area contributed by atoms with Gasteiger partial charge in [-0.25, -0.2) is 4.98 Å². The second-order valence-corrected chi connectivity index (χ2v) is 8.11. The Morgan fingerprint density at radius 1 is 1.11 bits per heavy atom. The second-order valence-electron chi connectivity index (χ2n) is 6.66. The number of aryl methyl sites for hydroxylation is 2. The number of nitrogens with zero attached hydrogens (tertiary/aromatic N) is 3. The van der Waals surface area contributed by atoms with Gasteiger partial charge in [0, 0.05) is 23.0 Å². The standard InChI is InChI=1S/C22H18ClN3OS/c1-14-9-19-20(10-15(14)2)28-22(25-19)26(13-16-5-4-8-24-12-16)21(27)17-6-3-7-18(23)11-17/h3-12H,13H2,1-2H3. The van der Waals surface area contributed by atoms with Gasteiger partial charge in [-0.15, -0.1) is 0 Å². The minimum atomic E-state index is -0.140. The lowest BCUT2D eigenvalue weighted by atomic mass is 10.1. The highest BCUT2D eigenvalue weighted by Crippen LogP contribution is 2.32. The summed E-state index contributed by atoms with van der Waals surface area (Å²) >= 11 is 7.62. The van der Waals surface area contributed by atoms with E-state index in [0.717, 1.165) is 15.8 Å². The summed E-state index contributed by atoms with van der Waals surface area (Å²) < 4.78 is 1.06. The number of aromatic nitrogens is 2. The third-order valence-corrected chi connectivity index (χ3v) is 5.88. The minimum absolute atomic E-state index is 0.140. The Kier molecular flexibility index (Phi) is 5.11. The van der Waals surface area contributed by atoms with Gasteiger partial charge >= 0.3 is 0 Å². The predicted molar refractivity (Wildman–Crippen MR) is 115 cm³/mol. The van der Waals surface area contributed by atoms with Crippen molar-refractivity contribution < 1.29 is 4.79 Å². The van der Waals surface area contributed by atoms with Crippen molar-refractivity contribution in [2.45, 2.75) is 20.4 Å². The molecule has 1 amide bonds. The average molecular weight is 408 g/mol. The van der Waals surface area contributed by atoms with Gasteiger partial charge in [0.2, 0.25) is 0 Å². The van der Waals surface area contributed by atoms with Crippen LogP contribution in [-0.4, -0.2) is 15.9 Å². The van der Waals surface area contributed by atoms with Crippen molar-refractivity contribution in [3.8, 4) is 0 Å². The summed E-state index contributed by atoms with van der Waals surface area (Å²) in [6, 6.07) is 15.0. The molecular weight excluding hydrogens is 390 g/mol. The quantitative estimate of drug-likeness (QED) is 0.429. The first-order valence-electron chi connectivity index (χ1n) is 8.85. The highest BCUT2D eigenvalue weighted by atomic mass is 35.5. The third-order valence-electron chi connectivity index (χ3n) is 4.60. The Bertz CT molecular complexity index is 1120. The molecule has 0 radical (unpaired) electrons. The van der Waals surface area contributed by atoms with Crippen LogP contribution in [0.15, 0.2) is 60.9 Å². The molecule has 28 heavy (non-hydrogen) atoms. The Balaban J connectivity index is 1.79. The number of pyridine rings is 1. The number of hydrogen-bond acceptors (Lipinski definition) is 4. The molecule has 4 nitrogen and oxygen atoms in total. The molecule has 0 atom stereocenters. The van der Waals surface area contributed by atoms with Gasteiger partial charge in [0.15, 0.2) is 5.13 Å². The van der Waals surface area contributed by atoms with Gasteiger partial charge < -0.3 is 0 Å². The molecule has 2 heterocycles. The molecule has 0 unspecified atom stereocenters. The first kappa shape index (κ1) is 18.6. The van der Waals surface area contributed by atoms with Crippen LogP contribution < -0.4 is 4.90 Å². The SMILES string of the molecule is Cc1cc2nc(N(Cc3cccnc3)C(=O)c3cccc(Cl)c3)sc2cc1C. The van der Waals surface area contributed by atoms with E-state index in [0.29, 0.717) is 22.3 Å². The van der Waals surface area contributed by atoms with Crippen molar-refractivity contribution in [3.05, 3.63) is 88.2 Å². The molecule has 4 rings (SSSR count). The van der Waals surface area contributed by atoms with Crippen molar-refractivity contribution >= 4 is 44.2 Å². The van der Waals surface area contributed by atoms with Gasteiger partial charge in [-0.05, 0) is 66.9 Å². The third kappa shape index (κ3) is 3.77. The largest absolute Gasteiger partial charge is 0.279 e. The maximum Gasteiger partial charge on any atom is 0.260 e. The van der Waals surface area contributed by atoms with E-state index in [1.807, 2.05) is 12.1 Å². The van der Waals surface area contributed by atoms with Crippen molar-refractivity contribution in [2.75, 3.05) is 4.90 Å². The molecule has 6 heteroatoms. The lowest BCUT2D eigenvalue weighted by Gasteiger charge is -2.20. The highest BCUT2D eigenvalue weighted by molar-refractivity contribution is 7.22. The molecule has 2 aromatic heterocycles. The molecule has 4 aromatic rings. The van der Waals surface area contributed by atoms with Crippen molar-refractivity contribution in [2.24, 2.45) is 0 Å². The molecule has 0 aliphatic rings. The average Bonchev–Trinajstić information content (AvgIpc) is 3.09. The molecule has 0 bridgehead atoms. The fourth-order valence-corrected chi connectivity index (χ4v) is 4.19. The van der Waals surface area contributed by atoms with E-state index in [2.05, 4.69) is 31.0 Å². The smallest absolute Gasteiger partial charge is 0.260 e. The van der Waals surface area contributed by atoms with Crippen molar-refractivity contribution in [1.29, 1.82) is 0 Å². The summed E-state index contributed by atoms with van der Waals surface area (Å²) in [4.78, 5) is 23.9. The summed E-state index contributed by atoms with van der Waals surface area (Å²) in [5, 5.41) is 1.19. The molecule has 0 fully saturated rings. The normalized spacial score (nSPS) is 11.0. The van der Waals surface area contributed by atoms with Gasteiger partial charge in [0.1, 0.15) is 0 Å². The number of amides is 1. The Morgan fingerprint density at radius 2 is 1.93 bits per heavy atom. The summed E-state index contributed by atoms with van der Waals surface area (Å²) in [6.45, 7) is 4.54. The molecule has 140 valence electrons. The second kappa shape index (κ2) is 7.70. The number of carbonyl (C=O) groups is 1. The molecule has 0 aliphatic heterocycles. The zero-order valence-electron chi connectivity index (χ0n) is 15.5. The summed E-state index contributed by atoms with van der Waals surface area (Å²) in [5.74, 6) is -0.140. The number of hydrogen-bond donors (Lipinski definition) is 0. The maximum atomic E-state index is 13.3. The van der Waals surface area contributed by atoms with Gasteiger partial charge in [0.05, 0.1) is 16.8 Å². The van der Waals surface area contributed by atoms with Crippen LogP contribution in [0.4, 0.5) is 5.13 Å². The molecular formula is C22H18ClN3OS. The summed E-state index contributed by atoms with van der Waals surface area (Å²) in [7, 11) is 0. The topological polar surface area (TPSA) is 46.1 Å². The first-order chi connectivity index (χ1) is 13.5. The minimum Gasteiger partial charge on any atom is -0.279 e.